The second-order valence-electron chi connectivity index (χ2n) is 9.79. The highest BCUT2D eigenvalue weighted by atomic mass is 16.6. The minimum atomic E-state index is -0.500. The third-order valence-electron chi connectivity index (χ3n) is 5.95. The van der Waals surface area contributed by atoms with Gasteiger partial charge in [-0.3, -0.25) is 9.78 Å². The minimum absolute atomic E-state index is 0.117. The molecule has 1 aliphatic rings. The fourth-order valence-corrected chi connectivity index (χ4v) is 4.31. The molecule has 0 bridgehead atoms. The predicted molar refractivity (Wildman–Crippen MR) is 132 cm³/mol. The molecule has 3 heterocycles. The van der Waals surface area contributed by atoms with Gasteiger partial charge in [0.2, 0.25) is 0 Å². The van der Waals surface area contributed by atoms with Gasteiger partial charge in [0.1, 0.15) is 5.60 Å². The Bertz CT molecular complexity index is 1160. The van der Waals surface area contributed by atoms with Crippen LogP contribution in [0.15, 0.2) is 54.9 Å². The summed E-state index contributed by atoms with van der Waals surface area (Å²) in [6.45, 7) is 7.57. The summed E-state index contributed by atoms with van der Waals surface area (Å²) in [5.41, 5.74) is 2.55. The number of rotatable bonds is 5. The summed E-state index contributed by atoms with van der Waals surface area (Å²) in [6.07, 6.45) is 5.98. The lowest BCUT2D eigenvalue weighted by Crippen LogP contribution is -2.43. The van der Waals surface area contributed by atoms with E-state index in [2.05, 4.69) is 10.3 Å². The fraction of sp³-hybridized carbons (Fsp3) is 0.407. The zero-order chi connectivity index (χ0) is 24.1. The maximum atomic E-state index is 13.2. The average Bonchev–Trinajstić information content (AvgIpc) is 2.83. The highest BCUT2D eigenvalue weighted by Gasteiger charge is 2.27. The Morgan fingerprint density at radius 3 is 2.68 bits per heavy atom. The molecule has 0 radical (unpaired) electrons. The van der Waals surface area contributed by atoms with Gasteiger partial charge < -0.3 is 15.0 Å². The van der Waals surface area contributed by atoms with Crippen molar-refractivity contribution in [2.75, 3.05) is 19.6 Å². The smallest absolute Gasteiger partial charge is 0.410 e. The maximum absolute atomic E-state index is 13.2. The van der Waals surface area contributed by atoms with Crippen LogP contribution in [-0.4, -0.2) is 52.1 Å². The molecule has 1 atom stereocenters. The third kappa shape index (κ3) is 5.90. The number of piperidine rings is 1. The number of amides is 2. The van der Waals surface area contributed by atoms with E-state index in [-0.39, 0.29) is 12.0 Å². The lowest BCUT2D eigenvalue weighted by atomic mass is 9.95. The van der Waals surface area contributed by atoms with Gasteiger partial charge in [-0.1, -0.05) is 18.2 Å². The number of para-hydroxylation sites is 1. The fourth-order valence-electron chi connectivity index (χ4n) is 4.31. The van der Waals surface area contributed by atoms with Crippen molar-refractivity contribution in [3.8, 4) is 11.3 Å². The number of benzene rings is 1. The molecule has 0 aliphatic carbocycles. The molecule has 1 aromatic carbocycles. The first-order chi connectivity index (χ1) is 16.3. The summed E-state index contributed by atoms with van der Waals surface area (Å²) < 4.78 is 5.52. The van der Waals surface area contributed by atoms with E-state index in [0.717, 1.165) is 48.0 Å². The van der Waals surface area contributed by atoms with E-state index in [1.54, 1.807) is 17.3 Å². The number of carbonyl (C=O) groups excluding carboxylic acids is 2. The molecule has 0 spiro atoms. The zero-order valence-corrected chi connectivity index (χ0v) is 20.1. The van der Waals surface area contributed by atoms with Gasteiger partial charge in [0, 0.05) is 43.0 Å². The second-order valence-corrected chi connectivity index (χ2v) is 9.79. The standard InChI is InChI=1S/C27H32N4O3/c1-27(2,3)34-26(33)31-16-6-7-19(18-31)10-15-29-25(32)22-17-24(20-11-13-28-14-12-20)30-23-9-5-4-8-21(22)23/h4-5,8-9,11-14,17,19H,6-7,10,15-16,18H2,1-3H3,(H,29,32). The Balaban J connectivity index is 1.41. The molecule has 2 aromatic heterocycles. The number of hydrogen-bond acceptors (Lipinski definition) is 5. The van der Waals surface area contributed by atoms with Crippen molar-refractivity contribution in [1.29, 1.82) is 0 Å². The van der Waals surface area contributed by atoms with Crippen LogP contribution in [0.5, 0.6) is 0 Å². The van der Waals surface area contributed by atoms with Crippen molar-refractivity contribution in [2.24, 2.45) is 5.92 Å². The van der Waals surface area contributed by atoms with E-state index < -0.39 is 5.60 Å². The molecule has 1 saturated heterocycles. The van der Waals surface area contributed by atoms with Crippen molar-refractivity contribution in [3.05, 3.63) is 60.4 Å². The van der Waals surface area contributed by atoms with Gasteiger partial charge in [-0.2, -0.15) is 0 Å². The summed E-state index contributed by atoms with van der Waals surface area (Å²) in [4.78, 5) is 36.2. The molecule has 1 aliphatic heterocycles. The number of hydrogen-bond donors (Lipinski definition) is 1. The molecular weight excluding hydrogens is 428 g/mol. The normalized spacial score (nSPS) is 16.3. The molecule has 178 valence electrons. The summed E-state index contributed by atoms with van der Waals surface area (Å²) in [7, 11) is 0. The Labute approximate surface area is 200 Å². The van der Waals surface area contributed by atoms with Gasteiger partial charge in [0.05, 0.1) is 16.8 Å². The Morgan fingerprint density at radius 1 is 1.15 bits per heavy atom. The van der Waals surface area contributed by atoms with Crippen molar-refractivity contribution < 1.29 is 14.3 Å². The molecule has 7 heteroatoms. The lowest BCUT2D eigenvalue weighted by Gasteiger charge is -2.34. The van der Waals surface area contributed by atoms with Crippen LogP contribution in [0, 0.1) is 5.92 Å². The number of ether oxygens (including phenoxy) is 1. The van der Waals surface area contributed by atoms with E-state index in [9.17, 15) is 9.59 Å². The van der Waals surface area contributed by atoms with Crippen LogP contribution in [0.1, 0.15) is 50.4 Å². The van der Waals surface area contributed by atoms with Crippen molar-refractivity contribution >= 4 is 22.9 Å². The van der Waals surface area contributed by atoms with Crippen LogP contribution in [-0.2, 0) is 4.74 Å². The van der Waals surface area contributed by atoms with E-state index >= 15 is 0 Å². The highest BCUT2D eigenvalue weighted by Crippen LogP contribution is 2.25. The molecule has 1 fully saturated rings. The first-order valence-electron chi connectivity index (χ1n) is 11.9. The SMILES string of the molecule is CC(C)(C)OC(=O)N1CCCC(CCNC(=O)c2cc(-c3ccncc3)nc3ccccc23)C1. The Kier molecular flexibility index (Phi) is 7.10. The molecule has 2 amide bonds. The van der Waals surface area contributed by atoms with E-state index in [1.165, 1.54) is 0 Å². The summed E-state index contributed by atoms with van der Waals surface area (Å²) in [5.74, 6) is 0.219. The second kappa shape index (κ2) is 10.2. The van der Waals surface area contributed by atoms with Gasteiger partial charge >= 0.3 is 6.09 Å². The van der Waals surface area contributed by atoms with Crippen LogP contribution in [0.3, 0.4) is 0 Å². The molecule has 0 saturated carbocycles. The van der Waals surface area contributed by atoms with Crippen molar-refractivity contribution in [2.45, 2.75) is 45.6 Å². The molecule has 3 aromatic rings. The van der Waals surface area contributed by atoms with Gasteiger partial charge in [0.25, 0.3) is 5.91 Å². The summed E-state index contributed by atoms with van der Waals surface area (Å²) >= 11 is 0. The highest BCUT2D eigenvalue weighted by molar-refractivity contribution is 6.07. The Morgan fingerprint density at radius 2 is 1.91 bits per heavy atom. The quantitative estimate of drug-likeness (QED) is 0.575. The maximum Gasteiger partial charge on any atom is 0.410 e. The largest absolute Gasteiger partial charge is 0.444 e. The van der Waals surface area contributed by atoms with Crippen LogP contribution in [0.25, 0.3) is 22.2 Å². The van der Waals surface area contributed by atoms with Crippen molar-refractivity contribution in [3.63, 3.8) is 0 Å². The predicted octanol–water partition coefficient (Wildman–Crippen LogP) is 5.06. The van der Waals surface area contributed by atoms with Crippen LogP contribution >= 0.6 is 0 Å². The number of nitrogens with zero attached hydrogens (tertiary/aromatic N) is 3. The third-order valence-corrected chi connectivity index (χ3v) is 5.95. The molecule has 7 nitrogen and oxygen atoms in total. The molecule has 34 heavy (non-hydrogen) atoms. The number of carbonyl (C=O) groups is 2. The van der Waals surface area contributed by atoms with Gasteiger partial charge in [-0.25, -0.2) is 9.78 Å². The molecular formula is C27H32N4O3. The van der Waals surface area contributed by atoms with Crippen LogP contribution < -0.4 is 5.32 Å². The molecule has 4 rings (SSSR count). The number of fused-ring (bicyclic) bond motifs is 1. The van der Waals surface area contributed by atoms with Gasteiger partial charge in [0.15, 0.2) is 0 Å². The zero-order valence-electron chi connectivity index (χ0n) is 20.1. The van der Waals surface area contributed by atoms with E-state index in [4.69, 9.17) is 9.72 Å². The Hall–Kier alpha value is -3.48. The topological polar surface area (TPSA) is 84.4 Å². The first-order valence-corrected chi connectivity index (χ1v) is 11.9. The summed E-state index contributed by atoms with van der Waals surface area (Å²) in [6, 6.07) is 13.3. The minimum Gasteiger partial charge on any atom is -0.444 e. The number of likely N-dealkylation sites (tertiary alicyclic amines) is 1. The molecule has 1 N–H and O–H groups in total. The van der Waals surface area contributed by atoms with E-state index in [0.29, 0.717) is 24.6 Å². The monoisotopic (exact) mass is 460 g/mol. The number of pyridine rings is 2. The first kappa shape index (κ1) is 23.7. The van der Waals surface area contributed by atoms with Crippen LogP contribution in [0.4, 0.5) is 4.79 Å². The number of nitrogens with one attached hydrogen (secondary N) is 1. The van der Waals surface area contributed by atoms with Gasteiger partial charge in [-0.05, 0) is 70.2 Å². The number of aromatic nitrogens is 2. The average molecular weight is 461 g/mol. The lowest BCUT2D eigenvalue weighted by molar-refractivity contribution is 0.0161. The van der Waals surface area contributed by atoms with Crippen molar-refractivity contribution in [1.82, 2.24) is 20.2 Å². The van der Waals surface area contributed by atoms with Crippen LogP contribution in [0.2, 0.25) is 0 Å². The van der Waals surface area contributed by atoms with Gasteiger partial charge in [-0.15, -0.1) is 0 Å². The summed E-state index contributed by atoms with van der Waals surface area (Å²) in [5, 5.41) is 3.91. The molecule has 1 unspecified atom stereocenters. The van der Waals surface area contributed by atoms with E-state index in [1.807, 2.05) is 63.2 Å².